The molecular formula is C23H18ClNO5. The SMILES string of the molecule is COc1ccc(/C(O)=C2/C(=O)C(=O)N(c3cccc(Cl)c3)C2c2ccco2)c(C)c1. The summed E-state index contributed by atoms with van der Waals surface area (Å²) in [6, 6.07) is 14.1. The summed E-state index contributed by atoms with van der Waals surface area (Å²) in [4.78, 5) is 27.3. The fourth-order valence-electron chi connectivity index (χ4n) is 3.61. The number of rotatable bonds is 4. The summed E-state index contributed by atoms with van der Waals surface area (Å²) in [5, 5.41) is 11.5. The molecule has 1 fully saturated rings. The summed E-state index contributed by atoms with van der Waals surface area (Å²) < 4.78 is 10.7. The predicted molar refractivity (Wildman–Crippen MR) is 113 cm³/mol. The van der Waals surface area contributed by atoms with Gasteiger partial charge in [0.1, 0.15) is 23.3 Å². The number of ether oxygens (including phenoxy) is 1. The van der Waals surface area contributed by atoms with Crippen LogP contribution in [0.3, 0.4) is 0 Å². The van der Waals surface area contributed by atoms with Gasteiger partial charge >= 0.3 is 0 Å². The third-order valence-corrected chi connectivity index (χ3v) is 5.27. The molecule has 2 aromatic carbocycles. The normalized spacial score (nSPS) is 18.1. The van der Waals surface area contributed by atoms with Gasteiger partial charge in [-0.1, -0.05) is 17.7 Å². The van der Waals surface area contributed by atoms with E-state index in [2.05, 4.69) is 0 Å². The van der Waals surface area contributed by atoms with E-state index in [1.807, 2.05) is 0 Å². The van der Waals surface area contributed by atoms with Crippen molar-refractivity contribution in [2.75, 3.05) is 12.0 Å². The Kier molecular flexibility index (Phi) is 5.10. The van der Waals surface area contributed by atoms with E-state index in [9.17, 15) is 14.7 Å². The third kappa shape index (κ3) is 3.25. The molecule has 6 nitrogen and oxygen atoms in total. The highest BCUT2D eigenvalue weighted by Gasteiger charge is 2.48. The average molecular weight is 424 g/mol. The number of anilines is 1. The van der Waals surface area contributed by atoms with Crippen LogP contribution in [0.1, 0.15) is 22.9 Å². The highest BCUT2D eigenvalue weighted by atomic mass is 35.5. The molecule has 1 aliphatic rings. The second kappa shape index (κ2) is 7.72. The van der Waals surface area contributed by atoms with Crippen LogP contribution in [0.5, 0.6) is 5.75 Å². The summed E-state index contributed by atoms with van der Waals surface area (Å²) in [6.45, 7) is 1.78. The molecule has 2 heterocycles. The average Bonchev–Trinajstić information content (AvgIpc) is 3.34. The number of methoxy groups -OCH3 is 1. The van der Waals surface area contributed by atoms with Gasteiger partial charge in [0.2, 0.25) is 0 Å². The molecule has 30 heavy (non-hydrogen) atoms. The Morgan fingerprint density at radius 3 is 2.57 bits per heavy atom. The summed E-state index contributed by atoms with van der Waals surface area (Å²) in [5.74, 6) is -0.886. The van der Waals surface area contributed by atoms with Gasteiger partial charge in [-0.3, -0.25) is 14.5 Å². The van der Waals surface area contributed by atoms with E-state index in [-0.39, 0.29) is 11.3 Å². The molecule has 152 valence electrons. The zero-order valence-corrected chi connectivity index (χ0v) is 17.0. The number of hydrogen-bond acceptors (Lipinski definition) is 5. The molecule has 3 aromatic rings. The molecule has 7 heteroatoms. The minimum atomic E-state index is -0.931. The number of halogens is 1. The minimum Gasteiger partial charge on any atom is -0.507 e. The van der Waals surface area contributed by atoms with E-state index in [1.54, 1.807) is 68.6 Å². The van der Waals surface area contributed by atoms with Crippen molar-refractivity contribution in [1.82, 2.24) is 0 Å². The highest BCUT2D eigenvalue weighted by molar-refractivity contribution is 6.51. The number of aryl methyl sites for hydroxylation is 1. The van der Waals surface area contributed by atoms with Crippen LogP contribution in [0.4, 0.5) is 5.69 Å². The summed E-state index contributed by atoms with van der Waals surface area (Å²) in [6.07, 6.45) is 1.45. The molecule has 0 saturated carbocycles. The van der Waals surface area contributed by atoms with Gasteiger partial charge in [-0.15, -0.1) is 0 Å². The highest BCUT2D eigenvalue weighted by Crippen LogP contribution is 2.43. The Morgan fingerprint density at radius 2 is 1.93 bits per heavy atom. The molecule has 1 amide bonds. The number of aliphatic hydroxyl groups is 1. The van der Waals surface area contributed by atoms with E-state index >= 15 is 0 Å². The monoisotopic (exact) mass is 423 g/mol. The summed E-state index contributed by atoms with van der Waals surface area (Å²) >= 11 is 6.10. The summed E-state index contributed by atoms with van der Waals surface area (Å²) in [7, 11) is 1.54. The number of carbonyl (C=O) groups excluding carboxylic acids is 2. The first kappa shape index (κ1) is 19.8. The van der Waals surface area contributed by atoms with Crippen LogP contribution in [-0.2, 0) is 9.59 Å². The quantitative estimate of drug-likeness (QED) is 0.367. The molecule has 0 bridgehead atoms. The molecule has 1 aromatic heterocycles. The number of benzene rings is 2. The largest absolute Gasteiger partial charge is 0.507 e. The molecule has 1 atom stereocenters. The van der Waals surface area contributed by atoms with Gasteiger partial charge in [-0.2, -0.15) is 0 Å². The lowest BCUT2D eigenvalue weighted by Gasteiger charge is -2.23. The van der Waals surface area contributed by atoms with Crippen molar-refractivity contribution in [3.63, 3.8) is 0 Å². The third-order valence-electron chi connectivity index (χ3n) is 5.03. The van der Waals surface area contributed by atoms with Crippen LogP contribution >= 0.6 is 11.6 Å². The van der Waals surface area contributed by atoms with Crippen LogP contribution in [0.15, 0.2) is 70.9 Å². The van der Waals surface area contributed by atoms with Gasteiger partial charge in [0.05, 0.1) is 18.9 Å². The van der Waals surface area contributed by atoms with Gasteiger partial charge in [0, 0.05) is 16.3 Å². The fourth-order valence-corrected chi connectivity index (χ4v) is 3.80. The fraction of sp³-hybridized carbons (Fsp3) is 0.130. The van der Waals surface area contributed by atoms with Crippen LogP contribution in [0.2, 0.25) is 5.02 Å². The molecular weight excluding hydrogens is 406 g/mol. The molecule has 1 saturated heterocycles. The lowest BCUT2D eigenvalue weighted by Crippen LogP contribution is -2.29. The Balaban J connectivity index is 1.93. The second-order valence-electron chi connectivity index (χ2n) is 6.85. The molecule has 0 radical (unpaired) electrons. The van der Waals surface area contributed by atoms with Crippen molar-refractivity contribution in [1.29, 1.82) is 0 Å². The Morgan fingerprint density at radius 1 is 1.13 bits per heavy atom. The van der Waals surface area contributed by atoms with Crippen molar-refractivity contribution in [3.8, 4) is 5.75 Å². The minimum absolute atomic E-state index is 0.0526. The number of Topliss-reactive ketones (excluding diaryl/α,β-unsaturated/α-hetero) is 1. The molecule has 0 spiro atoms. The maximum atomic E-state index is 13.0. The molecule has 1 aliphatic heterocycles. The molecule has 1 unspecified atom stereocenters. The van der Waals surface area contributed by atoms with Crippen LogP contribution in [-0.4, -0.2) is 23.9 Å². The number of amides is 1. The van der Waals surface area contributed by atoms with Gasteiger partial charge < -0.3 is 14.3 Å². The topological polar surface area (TPSA) is 80.0 Å². The van der Waals surface area contributed by atoms with Gasteiger partial charge in [-0.05, 0) is 61.0 Å². The Bertz CT molecular complexity index is 1170. The standard InChI is InChI=1S/C23H18ClNO5/c1-13-11-16(29-2)8-9-17(13)21(26)19-20(18-7-4-10-30-18)25(23(28)22(19)27)15-6-3-5-14(24)12-15/h3-12,20,26H,1-2H3/b21-19-. The Hall–Kier alpha value is -3.51. The number of furan rings is 1. The Labute approximate surface area is 177 Å². The predicted octanol–water partition coefficient (Wildman–Crippen LogP) is 4.88. The first-order valence-electron chi connectivity index (χ1n) is 9.17. The van der Waals surface area contributed by atoms with Gasteiger partial charge in [-0.25, -0.2) is 0 Å². The summed E-state index contributed by atoms with van der Waals surface area (Å²) in [5.41, 5.74) is 1.50. The van der Waals surface area contributed by atoms with Gasteiger partial charge in [0.15, 0.2) is 0 Å². The van der Waals surface area contributed by atoms with Crippen LogP contribution in [0.25, 0.3) is 5.76 Å². The lowest BCUT2D eigenvalue weighted by molar-refractivity contribution is -0.132. The number of carbonyl (C=O) groups is 2. The lowest BCUT2D eigenvalue weighted by atomic mass is 9.97. The molecule has 1 N–H and O–H groups in total. The number of hydrogen-bond donors (Lipinski definition) is 1. The van der Waals surface area contributed by atoms with Crippen molar-refractivity contribution in [3.05, 3.63) is 88.3 Å². The zero-order valence-electron chi connectivity index (χ0n) is 16.3. The number of aliphatic hydroxyl groups excluding tert-OH is 1. The van der Waals surface area contributed by atoms with E-state index < -0.39 is 17.7 Å². The van der Waals surface area contributed by atoms with Crippen LogP contribution < -0.4 is 9.64 Å². The van der Waals surface area contributed by atoms with E-state index in [0.29, 0.717) is 33.3 Å². The van der Waals surface area contributed by atoms with Crippen molar-refractivity contribution < 1.29 is 23.8 Å². The van der Waals surface area contributed by atoms with E-state index in [0.717, 1.165) is 0 Å². The van der Waals surface area contributed by atoms with Crippen molar-refractivity contribution >= 4 is 34.7 Å². The van der Waals surface area contributed by atoms with Crippen LogP contribution in [0, 0.1) is 6.92 Å². The molecule has 4 rings (SSSR count). The van der Waals surface area contributed by atoms with Crippen molar-refractivity contribution in [2.45, 2.75) is 13.0 Å². The maximum absolute atomic E-state index is 13.0. The molecule has 0 aliphatic carbocycles. The first-order valence-corrected chi connectivity index (χ1v) is 9.55. The second-order valence-corrected chi connectivity index (χ2v) is 7.28. The van der Waals surface area contributed by atoms with E-state index in [4.69, 9.17) is 20.8 Å². The zero-order chi connectivity index (χ0) is 21.4. The smallest absolute Gasteiger partial charge is 0.300 e. The maximum Gasteiger partial charge on any atom is 0.300 e. The first-order chi connectivity index (χ1) is 14.4. The van der Waals surface area contributed by atoms with Gasteiger partial charge in [0.25, 0.3) is 11.7 Å². The number of ketones is 1. The van der Waals surface area contributed by atoms with E-state index in [1.165, 1.54) is 11.2 Å². The van der Waals surface area contributed by atoms with Crippen molar-refractivity contribution in [2.24, 2.45) is 0 Å². The number of nitrogens with zero attached hydrogens (tertiary/aromatic N) is 1.